The van der Waals surface area contributed by atoms with Gasteiger partial charge in [-0.2, -0.15) is 4.31 Å². The lowest BCUT2D eigenvalue weighted by molar-refractivity contribution is -0.137. The Labute approximate surface area is 163 Å². The largest absolute Gasteiger partial charge is 0.369 e. The quantitative estimate of drug-likeness (QED) is 0.700. The van der Waals surface area contributed by atoms with E-state index in [9.17, 15) is 22.8 Å². The number of pyridine rings is 1. The van der Waals surface area contributed by atoms with Gasteiger partial charge in [0.15, 0.2) is 5.78 Å². The van der Waals surface area contributed by atoms with Crippen molar-refractivity contribution in [3.8, 4) is 0 Å². The lowest BCUT2D eigenvalue weighted by Crippen LogP contribution is -2.44. The fourth-order valence-electron chi connectivity index (χ4n) is 3.69. The number of nitrogens with zero attached hydrogens (tertiary/aromatic N) is 3. The number of fused-ring (bicyclic) bond motifs is 1. The van der Waals surface area contributed by atoms with Gasteiger partial charge in [-0.15, -0.1) is 0 Å². The summed E-state index contributed by atoms with van der Waals surface area (Å²) in [5.41, 5.74) is 4.51. The molecular formula is C18H24N4O5S. The molecule has 0 bridgehead atoms. The molecular weight excluding hydrogens is 384 g/mol. The fourth-order valence-corrected chi connectivity index (χ4v) is 5.28. The number of Topliss-reactive ketones (excluding diaryl/α,β-unsaturated/α-hetero) is 1. The second-order valence-corrected chi connectivity index (χ2v) is 9.73. The van der Waals surface area contributed by atoms with Crippen molar-refractivity contribution in [1.82, 2.24) is 14.2 Å². The van der Waals surface area contributed by atoms with Gasteiger partial charge in [0.1, 0.15) is 10.9 Å². The smallest absolute Gasteiger partial charge is 0.245 e. The maximum Gasteiger partial charge on any atom is 0.245 e. The van der Waals surface area contributed by atoms with Crippen LogP contribution in [-0.2, 0) is 24.4 Å². The molecule has 0 aliphatic carbocycles. The van der Waals surface area contributed by atoms with E-state index in [1.807, 2.05) is 0 Å². The maximum absolute atomic E-state index is 12.9. The highest BCUT2D eigenvalue weighted by molar-refractivity contribution is 7.89. The summed E-state index contributed by atoms with van der Waals surface area (Å²) in [5.74, 6) is -1.06. The van der Waals surface area contributed by atoms with Crippen LogP contribution in [-0.4, -0.2) is 65.4 Å². The van der Waals surface area contributed by atoms with Gasteiger partial charge in [0.2, 0.25) is 21.8 Å². The van der Waals surface area contributed by atoms with Gasteiger partial charge < -0.3 is 10.6 Å². The molecule has 2 aliphatic heterocycles. The van der Waals surface area contributed by atoms with Crippen molar-refractivity contribution >= 4 is 27.6 Å². The third-order valence-corrected chi connectivity index (χ3v) is 7.42. The molecule has 28 heavy (non-hydrogen) atoms. The highest BCUT2D eigenvalue weighted by atomic mass is 32.2. The SMILES string of the molecule is CC(C)(CCC(=O)N1CCC2C1C(=O)CN2S(=O)(=O)c1cccnc1)C(N)=O. The molecule has 2 aliphatic rings. The number of nitrogens with two attached hydrogens (primary N) is 1. The Morgan fingerprint density at radius 3 is 2.68 bits per heavy atom. The van der Waals surface area contributed by atoms with E-state index in [1.165, 1.54) is 33.7 Å². The number of primary amides is 1. The lowest BCUT2D eigenvalue weighted by atomic mass is 9.87. The van der Waals surface area contributed by atoms with Gasteiger partial charge in [-0.05, 0) is 25.0 Å². The van der Waals surface area contributed by atoms with Crippen molar-refractivity contribution in [2.75, 3.05) is 13.1 Å². The number of carbonyl (C=O) groups excluding carboxylic acids is 3. The second kappa shape index (κ2) is 7.25. The minimum Gasteiger partial charge on any atom is -0.369 e. The molecule has 2 atom stereocenters. The van der Waals surface area contributed by atoms with E-state index < -0.39 is 33.4 Å². The normalized spacial score (nSPS) is 23.1. The van der Waals surface area contributed by atoms with E-state index in [0.717, 1.165) is 0 Å². The summed E-state index contributed by atoms with van der Waals surface area (Å²) >= 11 is 0. The number of hydrogen-bond acceptors (Lipinski definition) is 6. The summed E-state index contributed by atoms with van der Waals surface area (Å²) < 4.78 is 27.0. The third-order valence-electron chi connectivity index (χ3n) is 5.57. The van der Waals surface area contributed by atoms with Crippen molar-refractivity contribution < 1.29 is 22.8 Å². The Bertz CT molecular complexity index is 900. The zero-order valence-electron chi connectivity index (χ0n) is 15.9. The monoisotopic (exact) mass is 408 g/mol. The number of ketones is 1. The Kier molecular flexibility index (Phi) is 5.28. The first-order valence-corrected chi connectivity index (χ1v) is 10.5. The zero-order chi connectivity index (χ0) is 20.7. The van der Waals surface area contributed by atoms with Crippen LogP contribution in [0.25, 0.3) is 0 Å². The number of rotatable bonds is 6. The number of amides is 2. The summed E-state index contributed by atoms with van der Waals surface area (Å²) in [7, 11) is -3.87. The minimum atomic E-state index is -3.87. The first kappa shape index (κ1) is 20.4. The van der Waals surface area contributed by atoms with Crippen LogP contribution in [0.5, 0.6) is 0 Å². The van der Waals surface area contributed by atoms with Crippen LogP contribution in [0.1, 0.15) is 33.1 Å². The Balaban J connectivity index is 1.75. The molecule has 9 nitrogen and oxygen atoms in total. The molecule has 2 fully saturated rings. The molecule has 0 aromatic carbocycles. The van der Waals surface area contributed by atoms with Gasteiger partial charge in [0.05, 0.1) is 12.6 Å². The predicted molar refractivity (Wildman–Crippen MR) is 99.3 cm³/mol. The van der Waals surface area contributed by atoms with Gasteiger partial charge in [0.25, 0.3) is 0 Å². The van der Waals surface area contributed by atoms with Gasteiger partial charge in [-0.25, -0.2) is 8.42 Å². The van der Waals surface area contributed by atoms with Crippen molar-refractivity contribution in [3.05, 3.63) is 24.5 Å². The molecule has 2 saturated heterocycles. The Morgan fingerprint density at radius 1 is 1.36 bits per heavy atom. The molecule has 3 rings (SSSR count). The average Bonchev–Trinajstić information content (AvgIpc) is 3.22. The minimum absolute atomic E-state index is 0.0245. The molecule has 0 saturated carbocycles. The molecule has 3 heterocycles. The second-order valence-electron chi connectivity index (χ2n) is 7.84. The summed E-state index contributed by atoms with van der Waals surface area (Å²) in [6.07, 6.45) is 3.45. The number of sulfonamides is 1. The van der Waals surface area contributed by atoms with Gasteiger partial charge in [-0.3, -0.25) is 19.4 Å². The fraction of sp³-hybridized carbons (Fsp3) is 0.556. The molecule has 1 aromatic rings. The number of aromatic nitrogens is 1. The summed E-state index contributed by atoms with van der Waals surface area (Å²) in [6, 6.07) is 1.60. The molecule has 2 N–H and O–H groups in total. The first-order valence-electron chi connectivity index (χ1n) is 9.09. The summed E-state index contributed by atoms with van der Waals surface area (Å²) in [4.78, 5) is 42.0. The van der Waals surface area contributed by atoms with E-state index in [2.05, 4.69) is 4.98 Å². The van der Waals surface area contributed by atoms with Crippen molar-refractivity contribution in [1.29, 1.82) is 0 Å². The lowest BCUT2D eigenvalue weighted by Gasteiger charge is -2.26. The summed E-state index contributed by atoms with van der Waals surface area (Å²) in [5, 5.41) is 0. The highest BCUT2D eigenvalue weighted by Crippen LogP contribution is 2.34. The van der Waals surface area contributed by atoms with Crippen LogP contribution in [0.4, 0.5) is 0 Å². The molecule has 0 radical (unpaired) electrons. The Hall–Kier alpha value is -2.33. The van der Waals surface area contributed by atoms with Crippen LogP contribution >= 0.6 is 0 Å². The molecule has 1 aromatic heterocycles. The molecule has 0 spiro atoms. The highest BCUT2D eigenvalue weighted by Gasteiger charge is 2.53. The van der Waals surface area contributed by atoms with Crippen LogP contribution in [0.2, 0.25) is 0 Å². The van der Waals surface area contributed by atoms with Gasteiger partial charge in [0, 0.05) is 30.8 Å². The topological polar surface area (TPSA) is 131 Å². The van der Waals surface area contributed by atoms with Crippen molar-refractivity contribution in [2.24, 2.45) is 11.1 Å². The molecule has 10 heteroatoms. The Morgan fingerprint density at radius 2 is 2.07 bits per heavy atom. The number of hydrogen-bond donors (Lipinski definition) is 1. The maximum atomic E-state index is 12.9. The third kappa shape index (κ3) is 3.53. The van der Waals surface area contributed by atoms with E-state index in [1.54, 1.807) is 13.8 Å². The van der Waals surface area contributed by atoms with Crippen LogP contribution in [0.15, 0.2) is 29.4 Å². The van der Waals surface area contributed by atoms with Gasteiger partial charge >= 0.3 is 0 Å². The molecule has 152 valence electrons. The van der Waals surface area contributed by atoms with Crippen LogP contribution in [0, 0.1) is 5.41 Å². The van der Waals surface area contributed by atoms with Crippen molar-refractivity contribution in [2.45, 2.75) is 50.1 Å². The van der Waals surface area contributed by atoms with E-state index >= 15 is 0 Å². The van der Waals surface area contributed by atoms with E-state index in [0.29, 0.717) is 13.0 Å². The summed E-state index contributed by atoms with van der Waals surface area (Å²) in [6.45, 7) is 3.37. The number of likely N-dealkylation sites (tertiary alicyclic amines) is 1. The van der Waals surface area contributed by atoms with Crippen molar-refractivity contribution in [3.63, 3.8) is 0 Å². The average molecular weight is 408 g/mol. The number of carbonyl (C=O) groups is 3. The van der Waals surface area contributed by atoms with Crippen LogP contribution < -0.4 is 5.73 Å². The van der Waals surface area contributed by atoms with E-state index in [-0.39, 0.29) is 36.0 Å². The molecule has 2 amide bonds. The zero-order valence-corrected chi connectivity index (χ0v) is 16.7. The van der Waals surface area contributed by atoms with Gasteiger partial charge in [-0.1, -0.05) is 13.8 Å². The first-order chi connectivity index (χ1) is 13.1. The molecule has 2 unspecified atom stereocenters. The standard InChI is InChI=1S/C18H24N4O5S/c1-18(2,17(19)25)7-5-15(24)21-9-6-13-16(21)14(23)11-22(13)28(26,27)12-4-3-8-20-10-12/h3-4,8,10,13,16H,5-7,9,11H2,1-2H3,(H2,19,25). The van der Waals surface area contributed by atoms with E-state index in [4.69, 9.17) is 5.73 Å². The van der Waals surface area contributed by atoms with Crippen LogP contribution in [0.3, 0.4) is 0 Å². The predicted octanol–water partition coefficient (Wildman–Crippen LogP) is -0.0838.